The van der Waals surface area contributed by atoms with E-state index in [1.165, 1.54) is 29.7 Å². The van der Waals surface area contributed by atoms with Crippen LogP contribution in [-0.2, 0) is 35.5 Å². The normalized spacial score (nSPS) is 15.6. The Balaban J connectivity index is 0.000000275. The molecule has 3 heterocycles. The van der Waals surface area contributed by atoms with E-state index >= 15 is 0 Å². The lowest BCUT2D eigenvalue weighted by Crippen LogP contribution is -2.33. The van der Waals surface area contributed by atoms with Crippen molar-refractivity contribution >= 4 is 11.9 Å². The number of fused-ring (bicyclic) bond motifs is 2. The molecule has 8 heteroatoms. The predicted octanol–water partition coefficient (Wildman–Crippen LogP) is 2.37. The molecule has 0 fully saturated rings. The molecule has 4 rings (SSSR count). The van der Waals surface area contributed by atoms with E-state index in [1.54, 1.807) is 0 Å². The molecule has 0 saturated carbocycles. The molecular weight excluding hydrogens is 386 g/mol. The lowest BCUT2D eigenvalue weighted by Gasteiger charge is -2.28. The van der Waals surface area contributed by atoms with Crippen molar-refractivity contribution < 1.29 is 24.5 Å². The van der Waals surface area contributed by atoms with Gasteiger partial charge in [-0.25, -0.2) is 9.59 Å². The highest BCUT2D eigenvalue weighted by Crippen LogP contribution is 2.20. The number of aliphatic carboxylic acids is 2. The first-order valence-corrected chi connectivity index (χ1v) is 10.1. The SMILES string of the molecule is O=C(O)/C=C\C(=O)O.c1ccc2c(c1)CCN(CCOc1cc3n(n1)CCCC3)C2. The minimum atomic E-state index is -1.26. The zero-order valence-electron chi connectivity index (χ0n) is 16.9. The maximum absolute atomic E-state index is 9.55. The predicted molar refractivity (Wildman–Crippen MR) is 110 cm³/mol. The molecule has 30 heavy (non-hydrogen) atoms. The van der Waals surface area contributed by atoms with Crippen LogP contribution >= 0.6 is 0 Å². The van der Waals surface area contributed by atoms with Crippen molar-refractivity contribution in [1.82, 2.24) is 14.7 Å². The summed E-state index contributed by atoms with van der Waals surface area (Å²) in [5, 5.41) is 20.2. The van der Waals surface area contributed by atoms with Crippen molar-refractivity contribution in [2.45, 2.75) is 38.8 Å². The first-order chi connectivity index (χ1) is 14.5. The van der Waals surface area contributed by atoms with Gasteiger partial charge >= 0.3 is 11.9 Å². The molecule has 8 nitrogen and oxygen atoms in total. The molecule has 2 aliphatic heterocycles. The summed E-state index contributed by atoms with van der Waals surface area (Å²) in [4.78, 5) is 21.6. The molecule has 0 saturated heterocycles. The summed E-state index contributed by atoms with van der Waals surface area (Å²) in [6.45, 7) is 4.90. The third kappa shape index (κ3) is 6.45. The fourth-order valence-electron chi connectivity index (χ4n) is 3.63. The smallest absolute Gasteiger partial charge is 0.328 e. The molecule has 2 aliphatic rings. The van der Waals surface area contributed by atoms with Crippen LogP contribution in [0.1, 0.15) is 29.7 Å². The number of aryl methyl sites for hydroxylation is 2. The van der Waals surface area contributed by atoms with Crippen molar-refractivity contribution in [3.05, 3.63) is 59.3 Å². The highest BCUT2D eigenvalue weighted by molar-refractivity contribution is 5.89. The molecule has 0 radical (unpaired) electrons. The Morgan fingerprint density at radius 3 is 2.47 bits per heavy atom. The fraction of sp³-hybridized carbons (Fsp3) is 0.409. The van der Waals surface area contributed by atoms with Gasteiger partial charge in [-0.05, 0) is 36.8 Å². The molecule has 0 atom stereocenters. The van der Waals surface area contributed by atoms with Crippen LogP contribution in [0.4, 0.5) is 0 Å². The molecule has 2 N–H and O–H groups in total. The average Bonchev–Trinajstić information content (AvgIpc) is 3.15. The van der Waals surface area contributed by atoms with E-state index in [4.69, 9.17) is 14.9 Å². The Morgan fingerprint density at radius 2 is 1.77 bits per heavy atom. The van der Waals surface area contributed by atoms with E-state index < -0.39 is 11.9 Å². The minimum Gasteiger partial charge on any atom is -0.478 e. The third-order valence-corrected chi connectivity index (χ3v) is 5.13. The molecule has 1 aromatic heterocycles. The van der Waals surface area contributed by atoms with E-state index in [1.807, 2.05) is 0 Å². The van der Waals surface area contributed by atoms with Crippen molar-refractivity contribution in [2.24, 2.45) is 0 Å². The standard InChI is InChI=1S/C18H23N3O.C4H4O4/c1-2-6-16-14-20(10-8-15(16)5-1)11-12-22-18-13-17-7-3-4-9-21(17)19-18;5-3(6)1-2-4(7)8/h1-2,5-6,13H,3-4,7-12,14H2;1-2H,(H,5,6)(H,7,8)/b;2-1-. The van der Waals surface area contributed by atoms with E-state index in [9.17, 15) is 9.59 Å². The van der Waals surface area contributed by atoms with Gasteiger partial charge in [-0.2, -0.15) is 0 Å². The Bertz CT molecular complexity index is 866. The number of benzene rings is 1. The summed E-state index contributed by atoms with van der Waals surface area (Å²) in [7, 11) is 0. The number of ether oxygens (including phenoxy) is 1. The lowest BCUT2D eigenvalue weighted by atomic mass is 10.0. The van der Waals surface area contributed by atoms with Crippen LogP contribution in [0.5, 0.6) is 5.88 Å². The second-order valence-electron chi connectivity index (χ2n) is 7.31. The number of hydrogen-bond donors (Lipinski definition) is 2. The summed E-state index contributed by atoms with van der Waals surface area (Å²) in [5.74, 6) is -1.71. The molecule has 0 bridgehead atoms. The van der Waals surface area contributed by atoms with Crippen LogP contribution in [-0.4, -0.2) is 56.5 Å². The van der Waals surface area contributed by atoms with Crippen LogP contribution in [0.25, 0.3) is 0 Å². The number of hydrogen-bond acceptors (Lipinski definition) is 5. The van der Waals surface area contributed by atoms with Gasteiger partial charge in [-0.1, -0.05) is 24.3 Å². The van der Waals surface area contributed by atoms with Gasteiger partial charge in [0, 0.05) is 50.1 Å². The number of carboxylic acids is 2. The second kappa shape index (κ2) is 10.6. The number of nitrogens with zero attached hydrogens (tertiary/aromatic N) is 3. The van der Waals surface area contributed by atoms with Crippen molar-refractivity contribution in [1.29, 1.82) is 0 Å². The molecule has 0 unspecified atom stereocenters. The molecular formula is C22H27N3O5. The van der Waals surface area contributed by atoms with E-state index in [0.29, 0.717) is 12.2 Å². The van der Waals surface area contributed by atoms with E-state index in [-0.39, 0.29) is 0 Å². The van der Waals surface area contributed by atoms with Gasteiger partial charge in [-0.15, -0.1) is 5.10 Å². The first-order valence-electron chi connectivity index (χ1n) is 10.1. The van der Waals surface area contributed by atoms with E-state index in [2.05, 4.69) is 45.0 Å². The van der Waals surface area contributed by atoms with Gasteiger partial charge in [0.05, 0.1) is 0 Å². The Labute approximate surface area is 175 Å². The largest absolute Gasteiger partial charge is 0.478 e. The second-order valence-corrected chi connectivity index (χ2v) is 7.31. The number of aromatic nitrogens is 2. The summed E-state index contributed by atoms with van der Waals surface area (Å²) >= 11 is 0. The summed E-state index contributed by atoms with van der Waals surface area (Å²) < 4.78 is 7.98. The lowest BCUT2D eigenvalue weighted by molar-refractivity contribution is -0.134. The topological polar surface area (TPSA) is 105 Å². The molecule has 0 aliphatic carbocycles. The Kier molecular flexibility index (Phi) is 7.62. The fourth-order valence-corrected chi connectivity index (χ4v) is 3.63. The highest BCUT2D eigenvalue weighted by Gasteiger charge is 2.16. The summed E-state index contributed by atoms with van der Waals surface area (Å²) in [5.41, 5.74) is 4.29. The van der Waals surface area contributed by atoms with Gasteiger partial charge < -0.3 is 14.9 Å². The van der Waals surface area contributed by atoms with Gasteiger partial charge in [0.25, 0.3) is 0 Å². The van der Waals surface area contributed by atoms with Gasteiger partial charge in [-0.3, -0.25) is 9.58 Å². The summed E-state index contributed by atoms with van der Waals surface area (Å²) in [6, 6.07) is 10.9. The highest BCUT2D eigenvalue weighted by atomic mass is 16.5. The monoisotopic (exact) mass is 413 g/mol. The maximum atomic E-state index is 9.55. The quantitative estimate of drug-likeness (QED) is 0.701. The zero-order chi connectivity index (χ0) is 21.3. The molecule has 0 amide bonds. The number of carboxylic acid groups (broad SMARTS) is 2. The molecule has 1 aromatic carbocycles. The molecule has 160 valence electrons. The van der Waals surface area contributed by atoms with Gasteiger partial charge in [0.1, 0.15) is 6.61 Å². The third-order valence-electron chi connectivity index (χ3n) is 5.13. The van der Waals surface area contributed by atoms with Crippen LogP contribution in [0.3, 0.4) is 0 Å². The van der Waals surface area contributed by atoms with E-state index in [0.717, 1.165) is 51.5 Å². The summed E-state index contributed by atoms with van der Waals surface area (Å²) in [6.07, 6.45) is 5.92. The van der Waals surface area contributed by atoms with Crippen LogP contribution in [0.2, 0.25) is 0 Å². The first kappa shape index (κ1) is 21.6. The number of carbonyl (C=O) groups is 2. The minimum absolute atomic E-state index is 0.558. The van der Waals surface area contributed by atoms with Crippen molar-refractivity contribution in [3.63, 3.8) is 0 Å². The zero-order valence-corrected chi connectivity index (χ0v) is 16.9. The maximum Gasteiger partial charge on any atom is 0.328 e. The Morgan fingerprint density at radius 1 is 1.03 bits per heavy atom. The van der Waals surface area contributed by atoms with Crippen LogP contribution < -0.4 is 4.74 Å². The van der Waals surface area contributed by atoms with Crippen LogP contribution in [0, 0.1) is 0 Å². The Hall–Kier alpha value is -3.13. The van der Waals surface area contributed by atoms with Gasteiger partial charge in [0.2, 0.25) is 5.88 Å². The molecule has 2 aromatic rings. The molecule has 0 spiro atoms. The van der Waals surface area contributed by atoms with Crippen molar-refractivity contribution in [3.8, 4) is 5.88 Å². The van der Waals surface area contributed by atoms with Crippen molar-refractivity contribution in [2.75, 3.05) is 19.7 Å². The van der Waals surface area contributed by atoms with Crippen LogP contribution in [0.15, 0.2) is 42.5 Å². The van der Waals surface area contributed by atoms with Gasteiger partial charge in [0.15, 0.2) is 0 Å². The number of rotatable bonds is 6. The average molecular weight is 413 g/mol.